The zero-order valence-electron chi connectivity index (χ0n) is 11.4. The molecule has 1 aliphatic heterocycles. The molecular formula is C14H18O6S. The normalized spacial score (nSPS) is 21.7. The van der Waals surface area contributed by atoms with E-state index in [4.69, 9.17) is 24.4 Å². The number of ether oxygens (including phenoxy) is 3. The van der Waals surface area contributed by atoms with Crippen LogP contribution in [0.2, 0.25) is 0 Å². The molecule has 7 heteroatoms. The van der Waals surface area contributed by atoms with Gasteiger partial charge in [-0.2, -0.15) is 0 Å². The van der Waals surface area contributed by atoms with Gasteiger partial charge < -0.3 is 24.4 Å². The first-order valence-electron chi connectivity index (χ1n) is 6.66. The molecule has 1 aromatic rings. The zero-order valence-corrected chi connectivity index (χ0v) is 12.3. The summed E-state index contributed by atoms with van der Waals surface area (Å²) in [6.45, 7) is 0.837. The van der Waals surface area contributed by atoms with Crippen LogP contribution in [0.3, 0.4) is 0 Å². The Hall–Kier alpha value is -1.41. The molecule has 2 N–H and O–H groups in total. The Balaban J connectivity index is 1.92. The minimum Gasteiger partial charge on any atom is -0.475 e. The summed E-state index contributed by atoms with van der Waals surface area (Å²) < 4.78 is 15.9. The SMILES string of the molecule is O=C(O)C1=C[C@H](c2cccs2)C[C@H](OCCOCCO)O1. The monoisotopic (exact) mass is 314 g/mol. The predicted octanol–water partition coefficient (Wildman–Crippen LogP) is 1.57. The average molecular weight is 314 g/mol. The number of aliphatic carboxylic acids is 1. The van der Waals surface area contributed by atoms with Crippen molar-refractivity contribution in [1.82, 2.24) is 0 Å². The molecule has 0 saturated carbocycles. The number of hydrogen-bond donors (Lipinski definition) is 2. The van der Waals surface area contributed by atoms with Crippen LogP contribution in [0.5, 0.6) is 0 Å². The number of carboxylic acids is 1. The van der Waals surface area contributed by atoms with Crippen LogP contribution in [0.25, 0.3) is 0 Å². The van der Waals surface area contributed by atoms with Gasteiger partial charge in [0.2, 0.25) is 12.0 Å². The summed E-state index contributed by atoms with van der Waals surface area (Å²) in [7, 11) is 0. The van der Waals surface area contributed by atoms with Crippen molar-refractivity contribution in [2.45, 2.75) is 18.6 Å². The van der Waals surface area contributed by atoms with Crippen LogP contribution >= 0.6 is 11.3 Å². The number of hydrogen-bond acceptors (Lipinski definition) is 6. The van der Waals surface area contributed by atoms with E-state index in [1.165, 1.54) is 0 Å². The van der Waals surface area contributed by atoms with Crippen molar-refractivity contribution < 1.29 is 29.2 Å². The van der Waals surface area contributed by atoms with Gasteiger partial charge in [0, 0.05) is 17.2 Å². The van der Waals surface area contributed by atoms with Crippen molar-refractivity contribution in [3.63, 3.8) is 0 Å². The van der Waals surface area contributed by atoms with E-state index in [0.29, 0.717) is 13.0 Å². The summed E-state index contributed by atoms with van der Waals surface area (Å²) >= 11 is 1.58. The van der Waals surface area contributed by atoms with Gasteiger partial charge in [-0.3, -0.25) is 0 Å². The highest BCUT2D eigenvalue weighted by molar-refractivity contribution is 7.10. The first kappa shape index (κ1) is 16.0. The number of rotatable bonds is 8. The van der Waals surface area contributed by atoms with Gasteiger partial charge in [0.05, 0.1) is 26.4 Å². The molecule has 0 amide bonds. The molecule has 0 spiro atoms. The molecule has 2 heterocycles. The lowest BCUT2D eigenvalue weighted by Gasteiger charge is -2.27. The van der Waals surface area contributed by atoms with E-state index < -0.39 is 12.3 Å². The molecule has 2 rings (SSSR count). The van der Waals surface area contributed by atoms with Crippen molar-refractivity contribution >= 4 is 17.3 Å². The predicted molar refractivity (Wildman–Crippen MR) is 76.1 cm³/mol. The van der Waals surface area contributed by atoms with Crippen LogP contribution in [-0.2, 0) is 19.0 Å². The molecule has 0 fully saturated rings. The third kappa shape index (κ3) is 4.82. The second kappa shape index (κ2) is 8.14. The van der Waals surface area contributed by atoms with Crippen molar-refractivity contribution in [3.8, 4) is 0 Å². The maximum absolute atomic E-state index is 11.1. The molecule has 0 saturated heterocycles. The van der Waals surface area contributed by atoms with E-state index >= 15 is 0 Å². The lowest BCUT2D eigenvalue weighted by molar-refractivity contribution is -0.160. The van der Waals surface area contributed by atoms with Crippen molar-refractivity contribution in [2.24, 2.45) is 0 Å². The Bertz CT molecular complexity index is 470. The smallest absolute Gasteiger partial charge is 0.370 e. The topological polar surface area (TPSA) is 85.2 Å². The summed E-state index contributed by atoms with van der Waals surface area (Å²) in [6.07, 6.45) is 1.58. The van der Waals surface area contributed by atoms with Crippen molar-refractivity contribution in [2.75, 3.05) is 26.4 Å². The molecule has 0 aromatic carbocycles. The molecule has 1 aliphatic rings. The fourth-order valence-electron chi connectivity index (χ4n) is 2.02. The largest absolute Gasteiger partial charge is 0.475 e. The quantitative estimate of drug-likeness (QED) is 0.709. The average Bonchev–Trinajstić information content (AvgIpc) is 3.01. The van der Waals surface area contributed by atoms with Gasteiger partial charge in [-0.05, 0) is 17.5 Å². The molecule has 0 unspecified atom stereocenters. The van der Waals surface area contributed by atoms with E-state index in [1.54, 1.807) is 17.4 Å². The van der Waals surface area contributed by atoms with Gasteiger partial charge in [-0.1, -0.05) is 6.07 Å². The molecule has 0 aliphatic carbocycles. The molecule has 1 aromatic heterocycles. The number of aliphatic hydroxyl groups is 1. The third-order valence-electron chi connectivity index (χ3n) is 2.94. The molecule has 21 heavy (non-hydrogen) atoms. The number of aliphatic hydroxyl groups excluding tert-OH is 1. The maximum atomic E-state index is 11.1. The molecule has 6 nitrogen and oxygen atoms in total. The molecule has 0 radical (unpaired) electrons. The number of carbonyl (C=O) groups is 1. The van der Waals surface area contributed by atoms with Gasteiger partial charge in [0.1, 0.15) is 0 Å². The van der Waals surface area contributed by atoms with Gasteiger partial charge in [0.15, 0.2) is 0 Å². The maximum Gasteiger partial charge on any atom is 0.370 e. The first-order chi connectivity index (χ1) is 10.2. The Morgan fingerprint density at radius 2 is 2.29 bits per heavy atom. The Labute approximate surface area is 126 Å². The number of thiophene rings is 1. The molecule has 2 atom stereocenters. The van der Waals surface area contributed by atoms with Crippen LogP contribution in [0.1, 0.15) is 17.2 Å². The lowest BCUT2D eigenvalue weighted by Crippen LogP contribution is -2.27. The van der Waals surface area contributed by atoms with E-state index in [1.807, 2.05) is 17.5 Å². The second-order valence-electron chi connectivity index (χ2n) is 4.45. The van der Waals surface area contributed by atoms with E-state index in [0.717, 1.165) is 4.88 Å². The fraction of sp³-hybridized carbons (Fsp3) is 0.500. The lowest BCUT2D eigenvalue weighted by atomic mass is 10.00. The Kier molecular flexibility index (Phi) is 6.19. The number of allylic oxidation sites excluding steroid dienone is 1. The Morgan fingerprint density at radius 1 is 1.43 bits per heavy atom. The van der Waals surface area contributed by atoms with Crippen molar-refractivity contribution in [1.29, 1.82) is 0 Å². The standard InChI is InChI=1S/C14H18O6S/c15-3-4-18-5-6-19-13-9-10(12-2-1-7-21-12)8-11(20-13)14(16)17/h1-2,7-8,10,13,15H,3-6,9H2,(H,16,17)/t10-,13+/m0/s1. The van der Waals surface area contributed by atoms with Gasteiger partial charge in [0.25, 0.3) is 0 Å². The highest BCUT2D eigenvalue weighted by Crippen LogP contribution is 2.33. The van der Waals surface area contributed by atoms with Crippen LogP contribution in [0.15, 0.2) is 29.3 Å². The van der Waals surface area contributed by atoms with Gasteiger partial charge in [-0.25, -0.2) is 4.79 Å². The minimum absolute atomic E-state index is 0.0202. The van der Waals surface area contributed by atoms with Crippen molar-refractivity contribution in [3.05, 3.63) is 34.2 Å². The van der Waals surface area contributed by atoms with Crippen LogP contribution in [0.4, 0.5) is 0 Å². The van der Waals surface area contributed by atoms with E-state index in [2.05, 4.69) is 0 Å². The fourth-order valence-corrected chi connectivity index (χ4v) is 2.83. The highest BCUT2D eigenvalue weighted by atomic mass is 32.1. The van der Waals surface area contributed by atoms with Crippen LogP contribution in [0, 0.1) is 0 Å². The van der Waals surface area contributed by atoms with Crippen LogP contribution < -0.4 is 0 Å². The molecular weight excluding hydrogens is 296 g/mol. The number of carboxylic acid groups (broad SMARTS) is 1. The summed E-state index contributed by atoms with van der Waals surface area (Å²) in [5, 5.41) is 19.7. The van der Waals surface area contributed by atoms with Gasteiger partial charge >= 0.3 is 5.97 Å². The van der Waals surface area contributed by atoms with E-state index in [-0.39, 0.29) is 31.5 Å². The van der Waals surface area contributed by atoms with Crippen LogP contribution in [-0.4, -0.2) is 48.9 Å². The summed E-state index contributed by atoms with van der Waals surface area (Å²) in [5.74, 6) is -1.20. The minimum atomic E-state index is -1.10. The third-order valence-corrected chi connectivity index (χ3v) is 3.95. The summed E-state index contributed by atoms with van der Waals surface area (Å²) in [4.78, 5) is 12.2. The van der Waals surface area contributed by atoms with E-state index in [9.17, 15) is 4.79 Å². The second-order valence-corrected chi connectivity index (χ2v) is 5.43. The zero-order chi connectivity index (χ0) is 15.1. The van der Waals surface area contributed by atoms with Gasteiger partial charge in [-0.15, -0.1) is 11.3 Å². The first-order valence-corrected chi connectivity index (χ1v) is 7.54. The Morgan fingerprint density at radius 3 is 2.95 bits per heavy atom. The summed E-state index contributed by atoms with van der Waals surface area (Å²) in [5.41, 5.74) is 0. The highest BCUT2D eigenvalue weighted by Gasteiger charge is 2.28. The summed E-state index contributed by atoms with van der Waals surface area (Å²) in [6, 6.07) is 3.90. The molecule has 0 bridgehead atoms. The molecule has 116 valence electrons.